The summed E-state index contributed by atoms with van der Waals surface area (Å²) >= 11 is 0. The topological polar surface area (TPSA) is 69.4 Å². The summed E-state index contributed by atoms with van der Waals surface area (Å²) in [5, 5.41) is 0. The fourth-order valence-electron chi connectivity index (χ4n) is 2.05. The molecule has 0 bridgehead atoms. The first-order valence-corrected chi connectivity index (χ1v) is 5.22. The number of ether oxygens (including phenoxy) is 1. The van der Waals surface area contributed by atoms with E-state index in [1.807, 2.05) is 13.8 Å². The predicted octanol–water partition coefficient (Wildman–Crippen LogP) is 1.23. The van der Waals surface area contributed by atoms with E-state index < -0.39 is 10.8 Å². The maximum Gasteiger partial charge on any atom is 0.311 e. The molecule has 0 unspecified atom stereocenters. The Bertz CT molecular complexity index is 278. The number of hydrogen-bond donors (Lipinski definition) is 1. The molecule has 1 aliphatic rings. The van der Waals surface area contributed by atoms with Gasteiger partial charge in [0.05, 0.1) is 12.5 Å². The summed E-state index contributed by atoms with van der Waals surface area (Å²) in [7, 11) is 1.40. The highest BCUT2D eigenvalue weighted by Crippen LogP contribution is 2.45. The highest BCUT2D eigenvalue weighted by atomic mass is 16.5. The minimum absolute atomic E-state index is 0.186. The molecule has 1 fully saturated rings. The third-order valence-electron chi connectivity index (χ3n) is 3.73. The number of primary amides is 1. The molecule has 0 heterocycles. The van der Waals surface area contributed by atoms with Crippen molar-refractivity contribution in [3.8, 4) is 0 Å². The molecule has 4 nitrogen and oxygen atoms in total. The molecule has 0 aromatic heterocycles. The molecule has 0 spiro atoms. The van der Waals surface area contributed by atoms with E-state index in [1.54, 1.807) is 0 Å². The van der Waals surface area contributed by atoms with Gasteiger partial charge in [0.25, 0.3) is 0 Å². The monoisotopic (exact) mass is 213 g/mol. The van der Waals surface area contributed by atoms with Crippen molar-refractivity contribution in [1.82, 2.24) is 0 Å². The van der Waals surface area contributed by atoms with E-state index >= 15 is 0 Å². The fourth-order valence-corrected chi connectivity index (χ4v) is 2.05. The molecule has 1 saturated carbocycles. The average molecular weight is 213 g/mol. The molecule has 0 aliphatic heterocycles. The van der Waals surface area contributed by atoms with Gasteiger partial charge in [0, 0.05) is 5.41 Å². The van der Waals surface area contributed by atoms with Crippen LogP contribution in [0.3, 0.4) is 0 Å². The maximum absolute atomic E-state index is 11.5. The van der Waals surface area contributed by atoms with Gasteiger partial charge in [-0.25, -0.2) is 0 Å². The van der Waals surface area contributed by atoms with Crippen molar-refractivity contribution in [2.45, 2.75) is 39.5 Å². The van der Waals surface area contributed by atoms with Crippen molar-refractivity contribution in [1.29, 1.82) is 0 Å². The molecule has 2 N–H and O–H groups in total. The molecule has 1 amide bonds. The molecular weight excluding hydrogens is 194 g/mol. The lowest BCUT2D eigenvalue weighted by Gasteiger charge is -2.39. The van der Waals surface area contributed by atoms with Crippen LogP contribution in [0.1, 0.15) is 39.5 Å². The van der Waals surface area contributed by atoms with Crippen LogP contribution in [-0.4, -0.2) is 19.0 Å². The Hall–Kier alpha value is -1.06. The fraction of sp³-hybridized carbons (Fsp3) is 0.818. The molecule has 86 valence electrons. The number of hydrogen-bond acceptors (Lipinski definition) is 3. The Morgan fingerprint density at radius 1 is 1.07 bits per heavy atom. The molecule has 1 aliphatic carbocycles. The normalized spacial score (nSPS) is 35.9. The second-order valence-corrected chi connectivity index (χ2v) is 4.98. The van der Waals surface area contributed by atoms with E-state index in [0.29, 0.717) is 25.7 Å². The molecular formula is C11H19NO3. The van der Waals surface area contributed by atoms with Gasteiger partial charge in [-0.3, -0.25) is 9.59 Å². The molecule has 0 radical (unpaired) electrons. The first-order chi connectivity index (χ1) is 6.84. The van der Waals surface area contributed by atoms with Crippen molar-refractivity contribution in [2.75, 3.05) is 7.11 Å². The quantitative estimate of drug-likeness (QED) is 0.701. The maximum atomic E-state index is 11.5. The Morgan fingerprint density at radius 3 is 1.80 bits per heavy atom. The van der Waals surface area contributed by atoms with Gasteiger partial charge in [0.15, 0.2) is 0 Å². The van der Waals surface area contributed by atoms with Gasteiger partial charge in [-0.1, -0.05) is 6.92 Å². The van der Waals surface area contributed by atoms with Crippen molar-refractivity contribution in [3.63, 3.8) is 0 Å². The Balaban J connectivity index is 2.70. The molecule has 4 heteroatoms. The highest BCUT2D eigenvalue weighted by Gasteiger charge is 2.45. The van der Waals surface area contributed by atoms with Crippen molar-refractivity contribution >= 4 is 11.9 Å². The standard InChI is InChI=1S/C11H19NO3/c1-10(8(12)13)4-6-11(2,7-5-10)9(14)15-3/h4-7H2,1-3H3,(H2,12,13). The van der Waals surface area contributed by atoms with Gasteiger partial charge in [-0.05, 0) is 32.6 Å². The van der Waals surface area contributed by atoms with Crippen LogP contribution < -0.4 is 5.73 Å². The van der Waals surface area contributed by atoms with Gasteiger partial charge >= 0.3 is 5.97 Å². The highest BCUT2D eigenvalue weighted by molar-refractivity contribution is 5.81. The Kier molecular flexibility index (Phi) is 3.07. The summed E-state index contributed by atoms with van der Waals surface area (Å²) in [5.74, 6) is -0.455. The number of carbonyl (C=O) groups is 2. The van der Waals surface area contributed by atoms with E-state index in [0.717, 1.165) is 0 Å². The third kappa shape index (κ3) is 2.13. The van der Waals surface area contributed by atoms with Crippen LogP contribution in [0.5, 0.6) is 0 Å². The second kappa shape index (κ2) is 3.83. The van der Waals surface area contributed by atoms with Gasteiger partial charge in [0.1, 0.15) is 0 Å². The number of nitrogens with two attached hydrogens (primary N) is 1. The van der Waals surface area contributed by atoms with Crippen molar-refractivity contribution < 1.29 is 14.3 Å². The number of methoxy groups -OCH3 is 1. The van der Waals surface area contributed by atoms with Crippen molar-refractivity contribution in [2.24, 2.45) is 16.6 Å². The van der Waals surface area contributed by atoms with Crippen LogP contribution >= 0.6 is 0 Å². The summed E-state index contributed by atoms with van der Waals surface area (Å²) in [6, 6.07) is 0. The number of esters is 1. The largest absolute Gasteiger partial charge is 0.469 e. The van der Waals surface area contributed by atoms with Crippen molar-refractivity contribution in [3.05, 3.63) is 0 Å². The van der Waals surface area contributed by atoms with E-state index in [9.17, 15) is 9.59 Å². The van der Waals surface area contributed by atoms with Crippen LogP contribution in [0.15, 0.2) is 0 Å². The lowest BCUT2D eigenvalue weighted by molar-refractivity contribution is -0.156. The van der Waals surface area contributed by atoms with E-state index in [4.69, 9.17) is 10.5 Å². The summed E-state index contributed by atoms with van der Waals surface area (Å²) in [5.41, 5.74) is 4.45. The minimum Gasteiger partial charge on any atom is -0.469 e. The smallest absolute Gasteiger partial charge is 0.311 e. The second-order valence-electron chi connectivity index (χ2n) is 4.98. The van der Waals surface area contributed by atoms with Crippen LogP contribution in [0.2, 0.25) is 0 Å². The molecule has 15 heavy (non-hydrogen) atoms. The zero-order valence-electron chi connectivity index (χ0n) is 9.63. The Morgan fingerprint density at radius 2 is 1.47 bits per heavy atom. The lowest BCUT2D eigenvalue weighted by Crippen LogP contribution is -2.43. The minimum atomic E-state index is -0.451. The first kappa shape index (κ1) is 12.0. The molecule has 0 atom stereocenters. The summed E-state index contributed by atoms with van der Waals surface area (Å²) in [4.78, 5) is 22.8. The Labute approximate surface area is 90.2 Å². The summed E-state index contributed by atoms with van der Waals surface area (Å²) in [6.45, 7) is 3.76. The van der Waals surface area contributed by atoms with Crippen LogP contribution in [0, 0.1) is 10.8 Å². The molecule has 1 rings (SSSR count). The zero-order chi connectivity index (χ0) is 11.7. The molecule has 0 saturated heterocycles. The predicted molar refractivity (Wildman–Crippen MR) is 55.9 cm³/mol. The lowest BCUT2D eigenvalue weighted by atomic mass is 9.65. The van der Waals surface area contributed by atoms with Crippen LogP contribution in [-0.2, 0) is 14.3 Å². The molecule has 0 aromatic carbocycles. The first-order valence-electron chi connectivity index (χ1n) is 5.22. The summed E-state index contributed by atoms with van der Waals surface area (Å²) in [6.07, 6.45) is 2.65. The van der Waals surface area contributed by atoms with Gasteiger partial charge in [0.2, 0.25) is 5.91 Å². The van der Waals surface area contributed by atoms with E-state index in [2.05, 4.69) is 0 Å². The van der Waals surface area contributed by atoms with Gasteiger partial charge in [-0.15, -0.1) is 0 Å². The number of amides is 1. The number of carbonyl (C=O) groups excluding carboxylic acids is 2. The third-order valence-corrected chi connectivity index (χ3v) is 3.73. The van der Waals surface area contributed by atoms with Gasteiger partial charge < -0.3 is 10.5 Å². The van der Waals surface area contributed by atoms with E-state index in [-0.39, 0.29) is 11.9 Å². The summed E-state index contributed by atoms with van der Waals surface area (Å²) < 4.78 is 4.77. The zero-order valence-corrected chi connectivity index (χ0v) is 9.63. The number of rotatable bonds is 2. The molecule has 0 aromatic rings. The van der Waals surface area contributed by atoms with Crippen LogP contribution in [0.4, 0.5) is 0 Å². The van der Waals surface area contributed by atoms with E-state index in [1.165, 1.54) is 7.11 Å². The SMILES string of the molecule is COC(=O)C1(C)CCC(C)(C(N)=O)CC1. The average Bonchev–Trinajstić information content (AvgIpc) is 2.21. The van der Waals surface area contributed by atoms with Crippen LogP contribution in [0.25, 0.3) is 0 Å². The van der Waals surface area contributed by atoms with Gasteiger partial charge in [-0.2, -0.15) is 0 Å².